The molecule has 2 nitrogen and oxygen atoms in total. The number of hydrogen-bond donors (Lipinski definition) is 0. The van der Waals surface area contributed by atoms with Gasteiger partial charge in [-0.1, -0.05) is 54.1 Å². The van der Waals surface area contributed by atoms with Gasteiger partial charge in [0.05, 0.1) is 5.57 Å². The minimum absolute atomic E-state index is 0.291. The number of carbonyl (C=O) groups is 1. The lowest BCUT2D eigenvalue weighted by Crippen LogP contribution is -1.98. The number of cyclic esters (lactones) is 1. The molecule has 0 fully saturated rings. The normalized spacial score (nSPS) is 14.7. The van der Waals surface area contributed by atoms with Crippen molar-refractivity contribution in [2.45, 2.75) is 0 Å². The van der Waals surface area contributed by atoms with Gasteiger partial charge in [0.25, 0.3) is 0 Å². The first-order valence-corrected chi connectivity index (χ1v) is 6.35. The highest BCUT2D eigenvalue weighted by Crippen LogP contribution is 2.33. The molecule has 1 aliphatic rings. The summed E-state index contributed by atoms with van der Waals surface area (Å²) in [5.41, 5.74) is 3.32. The fourth-order valence-corrected chi connectivity index (χ4v) is 2.40. The maximum atomic E-state index is 11.9. The van der Waals surface area contributed by atoms with Crippen molar-refractivity contribution in [1.29, 1.82) is 0 Å². The first-order chi connectivity index (χ1) is 9.25. The lowest BCUT2D eigenvalue weighted by molar-refractivity contribution is -0.133. The molecule has 0 saturated carbocycles. The molecule has 2 aromatic rings. The predicted molar refractivity (Wildman–Crippen MR) is 75.7 cm³/mol. The van der Waals surface area contributed by atoms with E-state index in [1.54, 1.807) is 12.1 Å². The number of halogens is 1. The summed E-state index contributed by atoms with van der Waals surface area (Å²) in [6.45, 7) is 0.310. The van der Waals surface area contributed by atoms with Crippen LogP contribution < -0.4 is 0 Å². The summed E-state index contributed by atoms with van der Waals surface area (Å²) in [4.78, 5) is 11.9. The lowest BCUT2D eigenvalue weighted by atomic mass is 9.97. The van der Waals surface area contributed by atoms with Crippen LogP contribution in [-0.2, 0) is 9.53 Å². The number of ether oxygens (including phenoxy) is 1. The van der Waals surface area contributed by atoms with Crippen LogP contribution in [0.4, 0.5) is 0 Å². The van der Waals surface area contributed by atoms with Gasteiger partial charge < -0.3 is 4.74 Å². The summed E-state index contributed by atoms with van der Waals surface area (Å²) in [6, 6.07) is 17.1. The molecule has 0 spiro atoms. The van der Waals surface area contributed by atoms with E-state index < -0.39 is 0 Å². The molecule has 0 atom stereocenters. The van der Waals surface area contributed by atoms with Gasteiger partial charge in [-0.15, -0.1) is 0 Å². The fraction of sp³-hybridized carbons (Fsp3) is 0.0625. The zero-order chi connectivity index (χ0) is 13.2. The van der Waals surface area contributed by atoms with Crippen LogP contribution >= 0.6 is 11.6 Å². The van der Waals surface area contributed by atoms with Gasteiger partial charge in [0.1, 0.15) is 6.61 Å². The first-order valence-electron chi connectivity index (χ1n) is 5.97. The number of benzene rings is 2. The summed E-state index contributed by atoms with van der Waals surface area (Å²) < 4.78 is 5.17. The Labute approximate surface area is 116 Å². The topological polar surface area (TPSA) is 26.3 Å². The molecule has 94 valence electrons. The van der Waals surface area contributed by atoms with E-state index in [2.05, 4.69) is 0 Å². The van der Waals surface area contributed by atoms with Crippen molar-refractivity contribution < 1.29 is 9.53 Å². The summed E-state index contributed by atoms with van der Waals surface area (Å²) >= 11 is 5.99. The van der Waals surface area contributed by atoms with Gasteiger partial charge in [-0.25, -0.2) is 4.79 Å². The van der Waals surface area contributed by atoms with E-state index in [4.69, 9.17) is 16.3 Å². The van der Waals surface area contributed by atoms with E-state index in [0.29, 0.717) is 17.2 Å². The second kappa shape index (κ2) is 4.90. The Morgan fingerprint density at radius 2 is 1.68 bits per heavy atom. The van der Waals surface area contributed by atoms with Crippen molar-refractivity contribution in [2.75, 3.05) is 6.61 Å². The van der Waals surface area contributed by atoms with Gasteiger partial charge >= 0.3 is 5.97 Å². The summed E-state index contributed by atoms with van der Waals surface area (Å²) in [7, 11) is 0. The minimum Gasteiger partial charge on any atom is -0.457 e. The van der Waals surface area contributed by atoms with Gasteiger partial charge in [-0.05, 0) is 23.3 Å². The number of esters is 1. The Balaban J connectivity index is 2.17. The molecule has 0 radical (unpaired) electrons. The fourth-order valence-electron chi connectivity index (χ4n) is 2.21. The van der Waals surface area contributed by atoms with Crippen LogP contribution in [-0.4, -0.2) is 12.6 Å². The molecular formula is C16H11ClO2. The van der Waals surface area contributed by atoms with Crippen LogP contribution in [0.25, 0.3) is 11.1 Å². The Morgan fingerprint density at radius 3 is 2.42 bits per heavy atom. The van der Waals surface area contributed by atoms with E-state index in [9.17, 15) is 4.79 Å². The third-order valence-corrected chi connectivity index (χ3v) is 3.32. The maximum Gasteiger partial charge on any atom is 0.339 e. The van der Waals surface area contributed by atoms with Crippen LogP contribution in [0.2, 0.25) is 5.02 Å². The van der Waals surface area contributed by atoms with Crippen LogP contribution in [0.5, 0.6) is 0 Å². The Hall–Kier alpha value is -2.06. The molecule has 0 N–H and O–H groups in total. The van der Waals surface area contributed by atoms with Crippen molar-refractivity contribution in [3.05, 3.63) is 70.7 Å². The lowest BCUT2D eigenvalue weighted by Gasteiger charge is -2.04. The highest BCUT2D eigenvalue weighted by molar-refractivity contribution is 6.32. The highest BCUT2D eigenvalue weighted by Gasteiger charge is 2.27. The van der Waals surface area contributed by atoms with E-state index in [1.165, 1.54) is 0 Å². The van der Waals surface area contributed by atoms with E-state index in [1.807, 2.05) is 42.5 Å². The average molecular weight is 271 g/mol. The number of carbonyl (C=O) groups excluding carboxylic acids is 1. The van der Waals surface area contributed by atoms with Crippen molar-refractivity contribution in [3.63, 3.8) is 0 Å². The molecule has 0 aromatic heterocycles. The smallest absolute Gasteiger partial charge is 0.339 e. The van der Waals surface area contributed by atoms with Gasteiger partial charge in [0, 0.05) is 10.6 Å². The van der Waals surface area contributed by atoms with Crippen molar-refractivity contribution in [2.24, 2.45) is 0 Å². The molecule has 0 aliphatic carbocycles. The molecular weight excluding hydrogens is 260 g/mol. The molecule has 19 heavy (non-hydrogen) atoms. The molecule has 0 saturated heterocycles. The quantitative estimate of drug-likeness (QED) is 0.776. The molecule has 0 unspecified atom stereocenters. The van der Waals surface area contributed by atoms with E-state index >= 15 is 0 Å². The summed E-state index contributed by atoms with van der Waals surface area (Å²) in [6.07, 6.45) is 0. The van der Waals surface area contributed by atoms with Crippen LogP contribution in [0.3, 0.4) is 0 Å². The first kappa shape index (κ1) is 12.0. The highest BCUT2D eigenvalue weighted by atomic mass is 35.5. The molecule has 0 bridgehead atoms. The Morgan fingerprint density at radius 1 is 0.947 bits per heavy atom. The molecule has 3 rings (SSSR count). The molecule has 0 amide bonds. The third-order valence-electron chi connectivity index (χ3n) is 3.09. The third kappa shape index (κ3) is 2.27. The monoisotopic (exact) mass is 270 g/mol. The van der Waals surface area contributed by atoms with Crippen molar-refractivity contribution in [3.8, 4) is 0 Å². The van der Waals surface area contributed by atoms with E-state index in [0.717, 1.165) is 16.7 Å². The van der Waals surface area contributed by atoms with Crippen LogP contribution in [0.1, 0.15) is 11.1 Å². The Bertz CT molecular complexity index is 659. The van der Waals surface area contributed by atoms with E-state index in [-0.39, 0.29) is 5.97 Å². The summed E-state index contributed by atoms with van der Waals surface area (Å²) in [5.74, 6) is -0.291. The minimum atomic E-state index is -0.291. The average Bonchev–Trinajstić information content (AvgIpc) is 2.82. The standard InChI is InChI=1S/C16H11ClO2/c17-13-8-4-7-12(9-13)15-14(10-19-16(15)18)11-5-2-1-3-6-11/h1-9H,10H2. The Kier molecular flexibility index (Phi) is 3.10. The van der Waals surface area contributed by atoms with Gasteiger partial charge in [0.2, 0.25) is 0 Å². The maximum absolute atomic E-state index is 11.9. The van der Waals surface area contributed by atoms with Crippen molar-refractivity contribution >= 4 is 28.7 Å². The zero-order valence-corrected chi connectivity index (χ0v) is 10.9. The summed E-state index contributed by atoms with van der Waals surface area (Å²) in [5, 5.41) is 0.608. The van der Waals surface area contributed by atoms with Gasteiger partial charge in [-0.3, -0.25) is 0 Å². The SMILES string of the molecule is O=C1OCC(c2ccccc2)=C1c1cccc(Cl)c1. The molecule has 1 aliphatic heterocycles. The molecule has 1 heterocycles. The largest absolute Gasteiger partial charge is 0.457 e. The van der Waals surface area contributed by atoms with Crippen LogP contribution in [0.15, 0.2) is 54.6 Å². The van der Waals surface area contributed by atoms with Crippen LogP contribution in [0, 0.1) is 0 Å². The second-order valence-corrected chi connectivity index (χ2v) is 4.74. The number of hydrogen-bond acceptors (Lipinski definition) is 2. The zero-order valence-electron chi connectivity index (χ0n) is 10.1. The van der Waals surface area contributed by atoms with Gasteiger partial charge in [0.15, 0.2) is 0 Å². The van der Waals surface area contributed by atoms with Crippen molar-refractivity contribution in [1.82, 2.24) is 0 Å². The molecule has 3 heteroatoms. The predicted octanol–water partition coefficient (Wildman–Crippen LogP) is 3.81. The molecule has 2 aromatic carbocycles. The number of rotatable bonds is 2. The second-order valence-electron chi connectivity index (χ2n) is 4.31. The van der Waals surface area contributed by atoms with Gasteiger partial charge in [-0.2, -0.15) is 0 Å².